The lowest BCUT2D eigenvalue weighted by Gasteiger charge is -2.31. The lowest BCUT2D eigenvalue weighted by atomic mass is 9.80. The summed E-state index contributed by atoms with van der Waals surface area (Å²) in [6.07, 6.45) is 1.24. The number of likely N-dealkylation sites (tertiary alicyclic amines) is 1. The molecule has 0 aromatic heterocycles. The van der Waals surface area contributed by atoms with Crippen LogP contribution in [0.1, 0.15) is 48.0 Å². The zero-order valence-corrected chi connectivity index (χ0v) is 11.1. The van der Waals surface area contributed by atoms with Crippen molar-refractivity contribution in [3.8, 4) is 0 Å². The van der Waals surface area contributed by atoms with Gasteiger partial charge in [-0.1, -0.05) is 41.5 Å². The third kappa shape index (κ3) is 2.96. The van der Waals surface area contributed by atoms with Gasteiger partial charge in [0, 0.05) is 18.5 Å². The number of nitrogens with zero attached hydrogens (tertiary/aromatic N) is 1. The highest BCUT2D eigenvalue weighted by Crippen LogP contribution is 2.35. The zero-order chi connectivity index (χ0) is 11.9. The highest BCUT2D eigenvalue weighted by molar-refractivity contribution is 5.84. The van der Waals surface area contributed by atoms with Gasteiger partial charge in [0.25, 0.3) is 0 Å². The average molecular weight is 210 g/mol. The fourth-order valence-corrected chi connectivity index (χ4v) is 2.14. The van der Waals surface area contributed by atoms with Crippen LogP contribution in [0.3, 0.4) is 0 Å². The van der Waals surface area contributed by atoms with Gasteiger partial charge in [-0.15, -0.1) is 0 Å². The van der Waals surface area contributed by atoms with Crippen molar-refractivity contribution in [3.05, 3.63) is 0 Å². The Morgan fingerprint density at radius 3 is 2.00 bits per heavy atom. The maximum absolute atomic E-state index is 8.16. The topological polar surface area (TPSA) is 27.1 Å². The van der Waals surface area contributed by atoms with Gasteiger partial charge in [0.05, 0.1) is 0 Å². The standard InChI is InChI=1S/C13H26N2/c1-12(2,3)10-7-8-15(9-10)11(14)13(4,5)6/h10,14H,7-9H2,1-6H3. The SMILES string of the molecule is CC(C)(C)C(=N)N1CCC(C(C)(C)C)C1. The van der Waals surface area contributed by atoms with E-state index in [4.69, 9.17) is 5.41 Å². The molecular weight excluding hydrogens is 184 g/mol. The van der Waals surface area contributed by atoms with Gasteiger partial charge in [0.15, 0.2) is 0 Å². The van der Waals surface area contributed by atoms with Crippen molar-refractivity contribution in [2.24, 2.45) is 16.7 Å². The summed E-state index contributed by atoms with van der Waals surface area (Å²) in [7, 11) is 0. The van der Waals surface area contributed by atoms with E-state index in [2.05, 4.69) is 46.4 Å². The monoisotopic (exact) mass is 210 g/mol. The molecule has 1 atom stereocenters. The first-order chi connectivity index (χ1) is 6.62. The van der Waals surface area contributed by atoms with Gasteiger partial charge in [0.1, 0.15) is 5.84 Å². The van der Waals surface area contributed by atoms with Gasteiger partial charge in [0.2, 0.25) is 0 Å². The van der Waals surface area contributed by atoms with Crippen LogP contribution in [0.5, 0.6) is 0 Å². The smallest absolute Gasteiger partial charge is 0.101 e. The quantitative estimate of drug-likeness (QED) is 0.481. The molecule has 15 heavy (non-hydrogen) atoms. The van der Waals surface area contributed by atoms with Crippen molar-refractivity contribution < 1.29 is 0 Å². The molecule has 88 valence electrons. The normalized spacial score (nSPS) is 23.3. The Balaban J connectivity index is 2.62. The summed E-state index contributed by atoms with van der Waals surface area (Å²) in [5, 5.41) is 8.16. The molecule has 0 spiro atoms. The summed E-state index contributed by atoms with van der Waals surface area (Å²) in [4.78, 5) is 2.26. The van der Waals surface area contributed by atoms with Crippen molar-refractivity contribution in [1.29, 1.82) is 5.41 Å². The second-order valence-electron chi connectivity index (χ2n) is 6.90. The molecule has 1 N–H and O–H groups in total. The maximum Gasteiger partial charge on any atom is 0.101 e. The summed E-state index contributed by atoms with van der Waals surface area (Å²) < 4.78 is 0. The molecule has 1 aliphatic heterocycles. The highest BCUT2D eigenvalue weighted by atomic mass is 15.2. The summed E-state index contributed by atoms with van der Waals surface area (Å²) in [5.74, 6) is 1.54. The summed E-state index contributed by atoms with van der Waals surface area (Å²) in [6.45, 7) is 15.4. The Bertz CT molecular complexity index is 242. The first-order valence-electron chi connectivity index (χ1n) is 5.96. The average Bonchev–Trinajstić information content (AvgIpc) is 2.47. The Morgan fingerprint density at radius 2 is 1.67 bits per heavy atom. The molecule has 0 aromatic rings. The van der Waals surface area contributed by atoms with Crippen LogP contribution >= 0.6 is 0 Å². The van der Waals surface area contributed by atoms with E-state index in [-0.39, 0.29) is 5.41 Å². The van der Waals surface area contributed by atoms with Gasteiger partial charge in [-0.3, -0.25) is 5.41 Å². The predicted octanol–water partition coefficient (Wildman–Crippen LogP) is 3.38. The van der Waals surface area contributed by atoms with Crippen molar-refractivity contribution in [3.63, 3.8) is 0 Å². The third-order valence-corrected chi connectivity index (χ3v) is 3.44. The third-order valence-electron chi connectivity index (χ3n) is 3.44. The Hall–Kier alpha value is -0.530. The molecule has 2 heteroatoms. The Morgan fingerprint density at radius 1 is 1.13 bits per heavy atom. The molecule has 0 aromatic carbocycles. The summed E-state index contributed by atoms with van der Waals surface area (Å²) >= 11 is 0. The molecule has 0 aliphatic carbocycles. The highest BCUT2D eigenvalue weighted by Gasteiger charge is 2.35. The fourth-order valence-electron chi connectivity index (χ4n) is 2.14. The number of amidine groups is 1. The van der Waals surface area contributed by atoms with Crippen LogP contribution < -0.4 is 0 Å². The van der Waals surface area contributed by atoms with Crippen LogP contribution in [-0.2, 0) is 0 Å². The van der Waals surface area contributed by atoms with E-state index in [1.54, 1.807) is 0 Å². The van der Waals surface area contributed by atoms with E-state index >= 15 is 0 Å². The number of nitrogens with one attached hydrogen (secondary N) is 1. The molecule has 1 aliphatic rings. The van der Waals surface area contributed by atoms with E-state index in [1.165, 1.54) is 6.42 Å². The van der Waals surface area contributed by atoms with Crippen LogP contribution in [0.25, 0.3) is 0 Å². The molecule has 0 saturated carbocycles. The molecule has 1 heterocycles. The molecule has 1 unspecified atom stereocenters. The van der Waals surface area contributed by atoms with E-state index in [0.29, 0.717) is 5.41 Å². The van der Waals surface area contributed by atoms with Gasteiger partial charge in [-0.25, -0.2) is 0 Å². The number of rotatable bonds is 0. The molecule has 1 rings (SSSR count). The van der Waals surface area contributed by atoms with Crippen LogP contribution in [-0.4, -0.2) is 23.8 Å². The summed E-state index contributed by atoms with van der Waals surface area (Å²) in [6, 6.07) is 0. The minimum atomic E-state index is -0.00717. The van der Waals surface area contributed by atoms with Crippen LogP contribution in [0.4, 0.5) is 0 Å². The van der Waals surface area contributed by atoms with Gasteiger partial charge >= 0.3 is 0 Å². The second kappa shape index (κ2) is 3.80. The van der Waals surface area contributed by atoms with Crippen molar-refractivity contribution in [2.75, 3.05) is 13.1 Å². The lowest BCUT2D eigenvalue weighted by Crippen LogP contribution is -2.38. The van der Waals surface area contributed by atoms with E-state index in [9.17, 15) is 0 Å². The minimum absolute atomic E-state index is 0.00717. The van der Waals surface area contributed by atoms with Crippen LogP contribution in [0.15, 0.2) is 0 Å². The molecule has 0 amide bonds. The van der Waals surface area contributed by atoms with Crippen molar-refractivity contribution in [2.45, 2.75) is 48.0 Å². The van der Waals surface area contributed by atoms with E-state index in [0.717, 1.165) is 24.8 Å². The molecule has 2 nitrogen and oxygen atoms in total. The Labute approximate surface area is 94.6 Å². The van der Waals surface area contributed by atoms with Gasteiger partial charge in [-0.2, -0.15) is 0 Å². The van der Waals surface area contributed by atoms with Crippen LogP contribution in [0, 0.1) is 22.2 Å². The fraction of sp³-hybridized carbons (Fsp3) is 0.923. The Kier molecular flexibility index (Phi) is 3.18. The number of hydrogen-bond acceptors (Lipinski definition) is 1. The summed E-state index contributed by atoms with van der Waals surface area (Å²) in [5.41, 5.74) is 0.375. The largest absolute Gasteiger partial charge is 0.360 e. The van der Waals surface area contributed by atoms with Gasteiger partial charge in [-0.05, 0) is 17.8 Å². The van der Waals surface area contributed by atoms with Crippen LogP contribution in [0.2, 0.25) is 0 Å². The first kappa shape index (κ1) is 12.5. The predicted molar refractivity (Wildman–Crippen MR) is 66.3 cm³/mol. The molecule has 0 bridgehead atoms. The second-order valence-corrected chi connectivity index (χ2v) is 6.90. The molecule has 0 radical (unpaired) electrons. The number of hydrogen-bond donors (Lipinski definition) is 1. The zero-order valence-electron chi connectivity index (χ0n) is 11.1. The van der Waals surface area contributed by atoms with E-state index in [1.807, 2.05) is 0 Å². The van der Waals surface area contributed by atoms with Gasteiger partial charge < -0.3 is 4.90 Å². The lowest BCUT2D eigenvalue weighted by molar-refractivity contribution is 0.247. The minimum Gasteiger partial charge on any atom is -0.360 e. The van der Waals surface area contributed by atoms with E-state index < -0.39 is 0 Å². The van der Waals surface area contributed by atoms with Crippen molar-refractivity contribution in [1.82, 2.24) is 4.90 Å². The maximum atomic E-state index is 8.16. The molecule has 1 fully saturated rings. The first-order valence-corrected chi connectivity index (χ1v) is 5.96. The van der Waals surface area contributed by atoms with Crippen molar-refractivity contribution >= 4 is 5.84 Å². The molecular formula is C13H26N2. The molecule has 1 saturated heterocycles.